The molecule has 0 amide bonds. The summed E-state index contributed by atoms with van der Waals surface area (Å²) in [5.41, 5.74) is 1.74. The lowest BCUT2D eigenvalue weighted by atomic mass is 10.1. The van der Waals surface area contributed by atoms with Gasteiger partial charge < -0.3 is 9.64 Å². The van der Waals surface area contributed by atoms with E-state index in [1.165, 1.54) is 10.6 Å². The zero-order valence-electron chi connectivity index (χ0n) is 19.4. The Balaban J connectivity index is 1.45. The van der Waals surface area contributed by atoms with Gasteiger partial charge in [-0.15, -0.1) is 0 Å². The number of halogens is 2. The second kappa shape index (κ2) is 8.42. The molecule has 1 aliphatic carbocycles. The number of hydrogen-bond donors (Lipinski definition) is 0. The first-order valence-corrected chi connectivity index (χ1v) is 12.0. The Kier molecular flexibility index (Phi) is 5.34. The fourth-order valence-electron chi connectivity index (χ4n) is 4.51. The minimum absolute atomic E-state index is 0.177. The Bertz CT molecular complexity index is 1510. The number of benzene rings is 1. The molecule has 1 aliphatic heterocycles. The number of aromatic nitrogens is 5. The predicted molar refractivity (Wildman–Crippen MR) is 131 cm³/mol. The zero-order valence-corrected chi connectivity index (χ0v) is 20.2. The maximum Gasteiger partial charge on any atom is 0.261 e. The summed E-state index contributed by atoms with van der Waals surface area (Å²) in [5.74, 6) is 0.579. The van der Waals surface area contributed by atoms with E-state index >= 15 is 0 Å². The van der Waals surface area contributed by atoms with Crippen LogP contribution in [0.3, 0.4) is 0 Å². The quantitative estimate of drug-likeness (QED) is 0.423. The highest BCUT2D eigenvalue weighted by Gasteiger charge is 2.29. The standard InChI is InChI=1S/C25H24ClFN6O2/c1-14-29-24-19(25(34)31(14)2)10-22(30-23(24)18-6-3-16(26)9-20(18)27)32-7-8-35-21(13-32)15-11-28-33(12-15)17-4-5-17/h3,6,9-12,17,21H,4-5,7-8,13H2,1-2H3/t21-/m0/s1. The van der Waals surface area contributed by atoms with E-state index in [1.807, 2.05) is 10.9 Å². The van der Waals surface area contributed by atoms with Crippen molar-refractivity contribution >= 4 is 28.3 Å². The Morgan fingerprint density at radius 2 is 2.03 bits per heavy atom. The Morgan fingerprint density at radius 1 is 1.20 bits per heavy atom. The molecule has 2 aliphatic rings. The molecule has 4 aromatic rings. The number of hydrogen-bond acceptors (Lipinski definition) is 6. The molecule has 0 spiro atoms. The van der Waals surface area contributed by atoms with Gasteiger partial charge in [0.05, 0.1) is 24.2 Å². The zero-order chi connectivity index (χ0) is 24.3. The summed E-state index contributed by atoms with van der Waals surface area (Å²) < 4.78 is 24.5. The number of anilines is 1. The summed E-state index contributed by atoms with van der Waals surface area (Å²) in [4.78, 5) is 24.7. The van der Waals surface area contributed by atoms with Crippen LogP contribution in [0, 0.1) is 12.7 Å². The van der Waals surface area contributed by atoms with Gasteiger partial charge in [0, 0.05) is 42.5 Å². The summed E-state index contributed by atoms with van der Waals surface area (Å²) in [6.45, 7) is 3.36. The summed E-state index contributed by atoms with van der Waals surface area (Å²) >= 11 is 5.99. The van der Waals surface area contributed by atoms with Crippen LogP contribution in [0.1, 0.15) is 36.4 Å². The normalized spacial score (nSPS) is 18.4. The van der Waals surface area contributed by atoms with Crippen LogP contribution in [0.25, 0.3) is 22.2 Å². The highest BCUT2D eigenvalue weighted by Crippen LogP contribution is 2.36. The lowest BCUT2D eigenvalue weighted by Gasteiger charge is -2.33. The van der Waals surface area contributed by atoms with Crippen molar-refractivity contribution in [1.29, 1.82) is 0 Å². The number of rotatable bonds is 4. The van der Waals surface area contributed by atoms with Crippen molar-refractivity contribution in [2.24, 2.45) is 7.05 Å². The van der Waals surface area contributed by atoms with Gasteiger partial charge in [0.15, 0.2) is 0 Å². The number of morpholine rings is 1. The monoisotopic (exact) mass is 494 g/mol. The third-order valence-electron chi connectivity index (χ3n) is 6.76. The number of ether oxygens (including phenoxy) is 1. The van der Waals surface area contributed by atoms with Crippen molar-refractivity contribution in [3.05, 3.63) is 69.2 Å². The maximum absolute atomic E-state index is 15.0. The molecule has 1 aromatic carbocycles. The summed E-state index contributed by atoms with van der Waals surface area (Å²) in [6.07, 6.45) is 6.05. The molecule has 3 aromatic heterocycles. The van der Waals surface area contributed by atoms with Crippen LogP contribution in [-0.4, -0.2) is 44.0 Å². The number of nitrogens with zero attached hydrogens (tertiary/aromatic N) is 6. The molecule has 0 unspecified atom stereocenters. The van der Waals surface area contributed by atoms with Crippen molar-refractivity contribution in [3.63, 3.8) is 0 Å². The number of pyridine rings is 1. The van der Waals surface area contributed by atoms with Gasteiger partial charge in [-0.25, -0.2) is 14.4 Å². The van der Waals surface area contributed by atoms with Crippen LogP contribution in [0.15, 0.2) is 41.5 Å². The average molecular weight is 495 g/mol. The third-order valence-corrected chi connectivity index (χ3v) is 7.00. The van der Waals surface area contributed by atoms with Crippen molar-refractivity contribution in [1.82, 2.24) is 24.3 Å². The number of fused-ring (bicyclic) bond motifs is 1. The second-order valence-electron chi connectivity index (χ2n) is 9.16. The summed E-state index contributed by atoms with van der Waals surface area (Å²) in [5, 5.41) is 5.16. The van der Waals surface area contributed by atoms with Crippen molar-refractivity contribution in [2.75, 3.05) is 24.6 Å². The van der Waals surface area contributed by atoms with Gasteiger partial charge in [0.25, 0.3) is 5.56 Å². The van der Waals surface area contributed by atoms with E-state index in [4.69, 9.17) is 21.3 Å². The van der Waals surface area contributed by atoms with E-state index in [0.29, 0.717) is 54.0 Å². The number of aryl methyl sites for hydroxylation is 1. The topological polar surface area (TPSA) is 78.1 Å². The molecule has 1 atom stereocenters. The van der Waals surface area contributed by atoms with Crippen molar-refractivity contribution < 1.29 is 9.13 Å². The Labute approximate surface area is 205 Å². The summed E-state index contributed by atoms with van der Waals surface area (Å²) in [6, 6.07) is 6.67. The van der Waals surface area contributed by atoms with Crippen molar-refractivity contribution in [2.45, 2.75) is 31.9 Å². The van der Waals surface area contributed by atoms with Crippen LogP contribution in [0.5, 0.6) is 0 Å². The van der Waals surface area contributed by atoms with Crippen LogP contribution >= 0.6 is 11.6 Å². The first kappa shape index (κ1) is 22.2. The molecule has 1 saturated carbocycles. The SMILES string of the molecule is Cc1nc2c(-c3ccc(Cl)cc3F)nc(N3CCO[C@H](c4cnn(C5CC5)c4)C3)cc2c(=O)n1C. The van der Waals surface area contributed by atoms with Gasteiger partial charge >= 0.3 is 0 Å². The van der Waals surface area contributed by atoms with E-state index in [9.17, 15) is 9.18 Å². The maximum atomic E-state index is 15.0. The summed E-state index contributed by atoms with van der Waals surface area (Å²) in [7, 11) is 1.68. The molecular weight excluding hydrogens is 471 g/mol. The van der Waals surface area contributed by atoms with E-state index in [2.05, 4.69) is 21.2 Å². The highest BCUT2D eigenvalue weighted by molar-refractivity contribution is 6.30. The molecule has 0 N–H and O–H groups in total. The Hall–Kier alpha value is -3.30. The van der Waals surface area contributed by atoms with E-state index in [0.717, 1.165) is 18.4 Å². The first-order chi connectivity index (χ1) is 16.9. The fourth-order valence-corrected chi connectivity index (χ4v) is 4.67. The van der Waals surface area contributed by atoms with E-state index in [-0.39, 0.29) is 22.2 Å². The molecule has 8 nitrogen and oxygen atoms in total. The van der Waals surface area contributed by atoms with Crippen LogP contribution in [0.4, 0.5) is 10.2 Å². The molecular formula is C25H24ClFN6O2. The lowest BCUT2D eigenvalue weighted by molar-refractivity contribution is 0.0395. The Morgan fingerprint density at radius 3 is 2.80 bits per heavy atom. The first-order valence-electron chi connectivity index (χ1n) is 11.6. The van der Waals surface area contributed by atoms with E-state index in [1.54, 1.807) is 32.2 Å². The predicted octanol–water partition coefficient (Wildman–Crippen LogP) is 4.21. The van der Waals surface area contributed by atoms with Crippen LogP contribution in [-0.2, 0) is 11.8 Å². The fraction of sp³-hybridized carbons (Fsp3) is 0.360. The van der Waals surface area contributed by atoms with Gasteiger partial charge in [-0.3, -0.25) is 14.0 Å². The molecule has 2 fully saturated rings. The molecule has 180 valence electrons. The minimum atomic E-state index is -0.518. The van der Waals surface area contributed by atoms with Gasteiger partial charge in [0.2, 0.25) is 0 Å². The molecule has 0 radical (unpaired) electrons. The molecule has 1 saturated heterocycles. The second-order valence-corrected chi connectivity index (χ2v) is 9.60. The minimum Gasteiger partial charge on any atom is -0.370 e. The molecule has 4 heterocycles. The van der Waals surface area contributed by atoms with Crippen molar-refractivity contribution in [3.8, 4) is 11.3 Å². The van der Waals surface area contributed by atoms with E-state index < -0.39 is 5.82 Å². The average Bonchev–Trinajstić information content (AvgIpc) is 3.59. The lowest BCUT2D eigenvalue weighted by Crippen LogP contribution is -2.39. The molecule has 0 bridgehead atoms. The molecule has 10 heteroatoms. The largest absolute Gasteiger partial charge is 0.370 e. The van der Waals surface area contributed by atoms with Crippen LogP contribution < -0.4 is 10.5 Å². The smallest absolute Gasteiger partial charge is 0.261 e. The van der Waals surface area contributed by atoms with Crippen LogP contribution in [0.2, 0.25) is 5.02 Å². The molecule has 35 heavy (non-hydrogen) atoms. The van der Waals surface area contributed by atoms with Gasteiger partial charge in [-0.2, -0.15) is 5.10 Å². The third kappa shape index (κ3) is 3.98. The highest BCUT2D eigenvalue weighted by atomic mass is 35.5. The van der Waals surface area contributed by atoms with Gasteiger partial charge in [0.1, 0.15) is 34.8 Å². The van der Waals surface area contributed by atoms with Gasteiger partial charge in [-0.1, -0.05) is 11.6 Å². The molecule has 6 rings (SSSR count). The van der Waals surface area contributed by atoms with Gasteiger partial charge in [-0.05, 0) is 44.0 Å².